The molecule has 0 bridgehead atoms. The zero-order valence-corrected chi connectivity index (χ0v) is 17.0. The van der Waals surface area contributed by atoms with Crippen LogP contribution in [0.3, 0.4) is 0 Å². The largest absolute Gasteiger partial charge is 0.372 e. The Morgan fingerprint density at radius 2 is 1.68 bits per heavy atom. The van der Waals surface area contributed by atoms with Crippen LogP contribution in [0.1, 0.15) is 32.8 Å². The van der Waals surface area contributed by atoms with Crippen molar-refractivity contribution in [2.45, 2.75) is 34.1 Å². The predicted octanol–water partition coefficient (Wildman–Crippen LogP) is 4.36. The summed E-state index contributed by atoms with van der Waals surface area (Å²) in [4.78, 5) is 28.2. The molecule has 2 amide bonds. The first-order valence-corrected chi connectivity index (χ1v) is 9.54. The summed E-state index contributed by atoms with van der Waals surface area (Å²) in [6.07, 6.45) is 0.147. The van der Waals surface area contributed by atoms with Crippen molar-refractivity contribution in [1.29, 1.82) is 0 Å². The second-order valence-electron chi connectivity index (χ2n) is 6.62. The molecule has 0 unspecified atom stereocenters. The molecule has 0 saturated carbocycles. The van der Waals surface area contributed by atoms with E-state index < -0.39 is 0 Å². The molecule has 0 heterocycles. The first-order chi connectivity index (χ1) is 13.3. The van der Waals surface area contributed by atoms with Gasteiger partial charge in [-0.2, -0.15) is 0 Å². The number of carbonyl (C=O) groups is 2. The first-order valence-electron chi connectivity index (χ1n) is 9.54. The number of hydrogen-bond acceptors (Lipinski definition) is 3. The monoisotopic (exact) mass is 385 g/mol. The van der Waals surface area contributed by atoms with Crippen molar-refractivity contribution in [2.75, 3.05) is 34.8 Å². The van der Waals surface area contributed by atoms with E-state index in [9.17, 15) is 14.0 Å². The molecule has 0 aliphatic heterocycles. The van der Waals surface area contributed by atoms with Crippen LogP contribution in [0, 0.1) is 12.7 Å². The average Bonchev–Trinajstić information content (AvgIpc) is 2.66. The highest BCUT2D eigenvalue weighted by molar-refractivity contribution is 5.95. The van der Waals surface area contributed by atoms with Crippen LogP contribution >= 0.6 is 0 Å². The molecular formula is C22H28FN3O2. The zero-order chi connectivity index (χ0) is 20.7. The summed E-state index contributed by atoms with van der Waals surface area (Å²) in [5, 5.41) is 2.72. The zero-order valence-electron chi connectivity index (χ0n) is 17.0. The Morgan fingerprint density at radius 1 is 1.04 bits per heavy atom. The highest BCUT2D eigenvalue weighted by Crippen LogP contribution is 2.26. The maximum absolute atomic E-state index is 13.0. The number of halogens is 1. The quantitative estimate of drug-likeness (QED) is 0.734. The summed E-state index contributed by atoms with van der Waals surface area (Å²) < 4.78 is 13.0. The van der Waals surface area contributed by atoms with Crippen molar-refractivity contribution >= 4 is 28.9 Å². The van der Waals surface area contributed by atoms with Crippen LogP contribution in [0.15, 0.2) is 42.5 Å². The Balaban J connectivity index is 2.07. The van der Waals surface area contributed by atoms with Crippen molar-refractivity contribution < 1.29 is 14.0 Å². The van der Waals surface area contributed by atoms with Gasteiger partial charge in [-0.1, -0.05) is 0 Å². The number of nitrogens with one attached hydrogen (secondary N) is 1. The minimum atomic E-state index is -0.357. The van der Waals surface area contributed by atoms with Gasteiger partial charge in [0, 0.05) is 50.0 Å². The van der Waals surface area contributed by atoms with Crippen LogP contribution in [-0.4, -0.2) is 31.4 Å². The lowest BCUT2D eigenvalue weighted by Crippen LogP contribution is -2.32. The lowest BCUT2D eigenvalue weighted by atomic mass is 10.1. The van der Waals surface area contributed by atoms with E-state index in [1.807, 2.05) is 19.1 Å². The number of anilines is 3. The Hall–Kier alpha value is -2.89. The van der Waals surface area contributed by atoms with Crippen LogP contribution in [-0.2, 0) is 9.59 Å². The summed E-state index contributed by atoms with van der Waals surface area (Å²) in [5.74, 6) is -0.701. The number of amides is 2. The summed E-state index contributed by atoms with van der Waals surface area (Å²) in [5.41, 5.74) is 3.43. The molecule has 0 radical (unpaired) electrons. The van der Waals surface area contributed by atoms with Gasteiger partial charge in [-0.05, 0) is 68.8 Å². The fraction of sp³-hybridized carbons (Fsp3) is 0.364. The van der Waals surface area contributed by atoms with E-state index in [-0.39, 0.29) is 30.6 Å². The molecule has 0 aliphatic carbocycles. The van der Waals surface area contributed by atoms with Gasteiger partial charge in [-0.25, -0.2) is 4.39 Å². The van der Waals surface area contributed by atoms with Gasteiger partial charge in [0.15, 0.2) is 0 Å². The second-order valence-corrected chi connectivity index (χ2v) is 6.62. The number of carbonyl (C=O) groups excluding carboxylic acids is 2. The molecule has 5 nitrogen and oxygen atoms in total. The van der Waals surface area contributed by atoms with Gasteiger partial charge in [0.25, 0.3) is 0 Å². The van der Waals surface area contributed by atoms with Gasteiger partial charge in [0.1, 0.15) is 5.82 Å². The van der Waals surface area contributed by atoms with Gasteiger partial charge < -0.3 is 15.1 Å². The number of aryl methyl sites for hydroxylation is 1. The molecule has 28 heavy (non-hydrogen) atoms. The number of rotatable bonds is 8. The fourth-order valence-corrected chi connectivity index (χ4v) is 3.15. The molecule has 0 saturated heterocycles. The fourth-order valence-electron chi connectivity index (χ4n) is 3.15. The minimum Gasteiger partial charge on any atom is -0.372 e. The molecule has 2 aromatic carbocycles. The first kappa shape index (κ1) is 21.4. The maximum Gasteiger partial charge on any atom is 0.226 e. The summed E-state index contributed by atoms with van der Waals surface area (Å²) >= 11 is 0. The van der Waals surface area contributed by atoms with Crippen molar-refractivity contribution in [3.8, 4) is 0 Å². The van der Waals surface area contributed by atoms with Crippen molar-refractivity contribution in [1.82, 2.24) is 0 Å². The van der Waals surface area contributed by atoms with E-state index >= 15 is 0 Å². The maximum atomic E-state index is 13.0. The van der Waals surface area contributed by atoms with E-state index in [0.717, 1.165) is 30.0 Å². The van der Waals surface area contributed by atoms with Crippen LogP contribution in [0.2, 0.25) is 0 Å². The van der Waals surface area contributed by atoms with E-state index in [1.54, 1.807) is 4.90 Å². The molecule has 0 atom stereocenters. The summed E-state index contributed by atoms with van der Waals surface area (Å²) in [6, 6.07) is 11.6. The lowest BCUT2D eigenvalue weighted by molar-refractivity contribution is -0.117. The SMILES string of the molecule is CCN(CC)c1ccc(N(CCC(=O)Nc2ccc(F)cc2)C(C)=O)c(C)c1. The Morgan fingerprint density at radius 3 is 2.21 bits per heavy atom. The van der Waals surface area contributed by atoms with Gasteiger partial charge in [-0.15, -0.1) is 0 Å². The van der Waals surface area contributed by atoms with Crippen molar-refractivity contribution in [3.63, 3.8) is 0 Å². The van der Waals surface area contributed by atoms with Crippen LogP contribution in [0.25, 0.3) is 0 Å². The van der Waals surface area contributed by atoms with Crippen LogP contribution < -0.4 is 15.1 Å². The number of benzene rings is 2. The van der Waals surface area contributed by atoms with Gasteiger partial charge in [-0.3, -0.25) is 9.59 Å². The Labute approximate surface area is 166 Å². The highest BCUT2D eigenvalue weighted by Gasteiger charge is 2.16. The average molecular weight is 385 g/mol. The molecule has 0 spiro atoms. The molecule has 0 aromatic heterocycles. The molecule has 0 fully saturated rings. The van der Waals surface area contributed by atoms with Gasteiger partial charge >= 0.3 is 0 Å². The Kier molecular flexibility index (Phi) is 7.55. The van der Waals surface area contributed by atoms with Gasteiger partial charge in [0.2, 0.25) is 11.8 Å². The summed E-state index contributed by atoms with van der Waals surface area (Å²) in [6.45, 7) is 9.77. The molecule has 1 N–H and O–H groups in total. The molecular weight excluding hydrogens is 357 g/mol. The van der Waals surface area contributed by atoms with E-state index in [0.29, 0.717) is 5.69 Å². The smallest absolute Gasteiger partial charge is 0.226 e. The van der Waals surface area contributed by atoms with Crippen LogP contribution in [0.4, 0.5) is 21.5 Å². The number of hydrogen-bond donors (Lipinski definition) is 1. The third-order valence-corrected chi connectivity index (χ3v) is 4.67. The highest BCUT2D eigenvalue weighted by atomic mass is 19.1. The van der Waals surface area contributed by atoms with Crippen molar-refractivity contribution in [2.24, 2.45) is 0 Å². The predicted molar refractivity (Wildman–Crippen MR) is 112 cm³/mol. The van der Waals surface area contributed by atoms with Crippen LogP contribution in [0.5, 0.6) is 0 Å². The van der Waals surface area contributed by atoms with E-state index in [4.69, 9.17) is 0 Å². The third kappa shape index (κ3) is 5.55. The minimum absolute atomic E-state index is 0.117. The molecule has 2 rings (SSSR count). The van der Waals surface area contributed by atoms with Gasteiger partial charge in [0.05, 0.1) is 0 Å². The molecule has 150 valence electrons. The topological polar surface area (TPSA) is 52.6 Å². The second kappa shape index (κ2) is 9.88. The molecule has 0 aliphatic rings. The molecule has 6 heteroatoms. The third-order valence-electron chi connectivity index (χ3n) is 4.67. The summed E-state index contributed by atoms with van der Waals surface area (Å²) in [7, 11) is 0. The normalized spacial score (nSPS) is 10.5. The van der Waals surface area contributed by atoms with E-state index in [1.165, 1.54) is 31.2 Å². The number of nitrogens with zero attached hydrogens (tertiary/aromatic N) is 2. The Bertz CT molecular complexity index is 817. The standard InChI is InChI=1S/C22H28FN3O2/c1-5-25(6-2)20-11-12-21(16(3)15-20)26(17(4)27)14-13-22(28)24-19-9-7-18(23)8-10-19/h7-12,15H,5-6,13-14H2,1-4H3,(H,24,28). The van der Waals surface area contributed by atoms with E-state index in [2.05, 4.69) is 30.1 Å². The molecule has 2 aromatic rings. The van der Waals surface area contributed by atoms with Crippen molar-refractivity contribution in [3.05, 3.63) is 53.8 Å². The lowest BCUT2D eigenvalue weighted by Gasteiger charge is -2.26.